The molecule has 0 bridgehead atoms. The van der Waals surface area contributed by atoms with E-state index in [1.807, 2.05) is 76.2 Å². The molecule has 0 amide bonds. The largest absolute Gasteiger partial charge is 0.497 e. The molecule has 2 heterocycles. The second kappa shape index (κ2) is 10.1. The normalized spacial score (nSPS) is 11.5. The molecule has 8 heteroatoms. The molecule has 2 aromatic heterocycles. The summed E-state index contributed by atoms with van der Waals surface area (Å²) in [7, 11) is 3.31. The Kier molecular flexibility index (Phi) is 7.44. The second-order valence-electron chi connectivity index (χ2n) is 9.19. The first-order valence-electron chi connectivity index (χ1n) is 11.0. The van der Waals surface area contributed by atoms with Gasteiger partial charge in [-0.05, 0) is 87.4 Å². The van der Waals surface area contributed by atoms with Crippen molar-refractivity contribution >= 4 is 0 Å². The third-order valence-electron chi connectivity index (χ3n) is 5.17. The van der Waals surface area contributed by atoms with Crippen molar-refractivity contribution in [3.8, 4) is 34.0 Å². The lowest BCUT2D eigenvalue weighted by Gasteiger charge is -2.14. The highest BCUT2D eigenvalue weighted by atomic mass is 16.5. The van der Waals surface area contributed by atoms with E-state index in [1.165, 1.54) is 0 Å². The molecule has 0 aliphatic rings. The maximum atomic E-state index is 5.98. The molecule has 4 aromatic rings. The first kappa shape index (κ1) is 25.0. The fraction of sp³-hybridized carbons (Fsp3) is 0.308. The van der Waals surface area contributed by atoms with E-state index in [4.69, 9.17) is 20.9 Å². The van der Waals surface area contributed by atoms with Crippen molar-refractivity contribution in [1.29, 1.82) is 0 Å². The van der Waals surface area contributed by atoms with Crippen LogP contribution >= 0.6 is 0 Å². The number of nitrogens with zero attached hydrogens (tertiary/aromatic N) is 2. The highest BCUT2D eigenvalue weighted by Gasteiger charge is 2.19. The van der Waals surface area contributed by atoms with Crippen molar-refractivity contribution in [3.05, 3.63) is 72.6 Å². The lowest BCUT2D eigenvalue weighted by Crippen LogP contribution is -2.30. The van der Waals surface area contributed by atoms with Crippen LogP contribution in [0.15, 0.2) is 60.9 Å². The molecule has 8 nitrogen and oxygen atoms in total. The zero-order valence-corrected chi connectivity index (χ0v) is 20.6. The van der Waals surface area contributed by atoms with Gasteiger partial charge in [0.1, 0.15) is 23.1 Å². The molecule has 34 heavy (non-hydrogen) atoms. The summed E-state index contributed by atoms with van der Waals surface area (Å²) in [5.41, 5.74) is 15.1. The molecule has 0 unspecified atom stereocenters. The maximum Gasteiger partial charge on any atom is 0.126 e. The third kappa shape index (κ3) is 6.24. The van der Waals surface area contributed by atoms with E-state index in [2.05, 4.69) is 19.9 Å². The van der Waals surface area contributed by atoms with E-state index >= 15 is 0 Å². The van der Waals surface area contributed by atoms with E-state index in [1.54, 1.807) is 26.6 Å². The minimum Gasteiger partial charge on any atom is -0.497 e. The van der Waals surface area contributed by atoms with Crippen molar-refractivity contribution in [2.45, 2.75) is 38.8 Å². The smallest absolute Gasteiger partial charge is 0.126 e. The predicted octanol–water partition coefficient (Wildman–Crippen LogP) is 4.56. The number of benzene rings is 2. The number of rotatable bonds is 6. The van der Waals surface area contributed by atoms with Gasteiger partial charge in [-0.1, -0.05) is 0 Å². The molecule has 0 radical (unpaired) electrons. The number of aromatic nitrogens is 4. The average Bonchev–Trinajstić information content (AvgIpc) is 3.50. The zero-order chi connectivity index (χ0) is 24.9. The van der Waals surface area contributed by atoms with Crippen molar-refractivity contribution < 1.29 is 9.47 Å². The monoisotopic (exact) mass is 462 g/mol. The van der Waals surface area contributed by atoms with Gasteiger partial charge in [0, 0.05) is 0 Å². The number of H-pyrrole nitrogens is 2. The lowest BCUT2D eigenvalue weighted by atomic mass is 10.1. The highest BCUT2D eigenvalue weighted by Crippen LogP contribution is 2.24. The molecule has 0 atom stereocenters. The summed E-state index contributed by atoms with van der Waals surface area (Å²) >= 11 is 0. The van der Waals surface area contributed by atoms with Gasteiger partial charge in [0.15, 0.2) is 0 Å². The van der Waals surface area contributed by atoms with E-state index in [0.717, 1.165) is 45.7 Å². The summed E-state index contributed by atoms with van der Waals surface area (Å²) in [5.74, 6) is 3.24. The molecule has 0 spiro atoms. The van der Waals surface area contributed by atoms with Gasteiger partial charge in [-0.3, -0.25) is 0 Å². The van der Waals surface area contributed by atoms with Crippen LogP contribution in [0.2, 0.25) is 0 Å². The fourth-order valence-corrected chi connectivity index (χ4v) is 3.13. The van der Waals surface area contributed by atoms with Gasteiger partial charge in [-0.15, -0.1) is 0 Å². The van der Waals surface area contributed by atoms with Crippen LogP contribution in [0.4, 0.5) is 0 Å². The summed E-state index contributed by atoms with van der Waals surface area (Å²) in [5, 5.41) is 0. The van der Waals surface area contributed by atoms with Crippen LogP contribution < -0.4 is 20.9 Å². The SMILES string of the molecule is COc1ccc(-c2cnc(C(C)(C)N)[nH]2)cc1.COc1ccc(-c2cnc(C(C)(C)N)[nH]2)cc1. The number of ether oxygens (including phenoxy) is 2. The summed E-state index contributed by atoms with van der Waals surface area (Å²) in [6.45, 7) is 7.68. The van der Waals surface area contributed by atoms with Crippen LogP contribution in [0.1, 0.15) is 39.3 Å². The van der Waals surface area contributed by atoms with Crippen LogP contribution in [0, 0.1) is 0 Å². The Bertz CT molecular complexity index is 1080. The molecule has 0 aliphatic heterocycles. The molecule has 2 aromatic carbocycles. The lowest BCUT2D eigenvalue weighted by molar-refractivity contribution is 0.415. The molecule has 0 aliphatic carbocycles. The highest BCUT2D eigenvalue weighted by molar-refractivity contribution is 5.60. The Hall–Kier alpha value is -3.62. The van der Waals surface area contributed by atoms with E-state index in [0.29, 0.717) is 0 Å². The van der Waals surface area contributed by atoms with Crippen LogP contribution in [-0.4, -0.2) is 34.2 Å². The van der Waals surface area contributed by atoms with Crippen LogP contribution in [-0.2, 0) is 11.1 Å². The van der Waals surface area contributed by atoms with Gasteiger partial charge < -0.3 is 30.9 Å². The number of aromatic amines is 2. The third-order valence-corrected chi connectivity index (χ3v) is 5.17. The topological polar surface area (TPSA) is 128 Å². The van der Waals surface area contributed by atoms with Crippen molar-refractivity contribution in [2.24, 2.45) is 11.5 Å². The van der Waals surface area contributed by atoms with Gasteiger partial charge in [-0.25, -0.2) is 9.97 Å². The number of imidazole rings is 2. The van der Waals surface area contributed by atoms with Gasteiger partial charge in [0.2, 0.25) is 0 Å². The number of methoxy groups -OCH3 is 2. The molecule has 180 valence electrons. The Morgan fingerprint density at radius 3 is 1.18 bits per heavy atom. The molecular weight excluding hydrogens is 428 g/mol. The predicted molar refractivity (Wildman–Crippen MR) is 136 cm³/mol. The van der Waals surface area contributed by atoms with E-state index < -0.39 is 11.1 Å². The Morgan fingerprint density at radius 1 is 0.618 bits per heavy atom. The maximum absolute atomic E-state index is 5.98. The standard InChI is InChI=1S/2C13H17N3O/c2*1-13(2,14)12-15-8-11(16-12)9-4-6-10(17-3)7-5-9/h2*4-8H,14H2,1-3H3,(H,15,16). The molecular formula is C26H34N6O2. The minimum atomic E-state index is -0.454. The van der Waals surface area contributed by atoms with Crippen LogP contribution in [0.3, 0.4) is 0 Å². The Morgan fingerprint density at radius 2 is 0.941 bits per heavy atom. The summed E-state index contributed by atoms with van der Waals surface area (Å²) in [6, 6.07) is 15.6. The van der Waals surface area contributed by atoms with Crippen molar-refractivity contribution in [2.75, 3.05) is 14.2 Å². The van der Waals surface area contributed by atoms with Gasteiger partial charge in [0.25, 0.3) is 0 Å². The molecule has 6 N–H and O–H groups in total. The molecule has 0 fully saturated rings. The minimum absolute atomic E-state index is 0.454. The molecule has 0 saturated carbocycles. The molecule has 0 saturated heterocycles. The number of nitrogens with one attached hydrogen (secondary N) is 2. The number of hydrogen-bond acceptors (Lipinski definition) is 6. The van der Waals surface area contributed by atoms with Crippen molar-refractivity contribution in [1.82, 2.24) is 19.9 Å². The average molecular weight is 463 g/mol. The van der Waals surface area contributed by atoms with Crippen LogP contribution in [0.25, 0.3) is 22.5 Å². The van der Waals surface area contributed by atoms with Crippen molar-refractivity contribution in [3.63, 3.8) is 0 Å². The summed E-state index contributed by atoms with van der Waals surface area (Å²) < 4.78 is 10.2. The molecule has 4 rings (SSSR count). The number of hydrogen-bond donors (Lipinski definition) is 4. The van der Waals surface area contributed by atoms with E-state index in [-0.39, 0.29) is 0 Å². The van der Waals surface area contributed by atoms with Gasteiger partial charge >= 0.3 is 0 Å². The quantitative estimate of drug-likeness (QED) is 0.333. The Labute approximate surface area is 200 Å². The van der Waals surface area contributed by atoms with E-state index in [9.17, 15) is 0 Å². The fourth-order valence-electron chi connectivity index (χ4n) is 3.13. The van der Waals surface area contributed by atoms with Gasteiger partial charge in [-0.2, -0.15) is 0 Å². The van der Waals surface area contributed by atoms with Crippen LogP contribution in [0.5, 0.6) is 11.5 Å². The summed E-state index contributed by atoms with van der Waals surface area (Å²) in [6.07, 6.45) is 3.59. The number of nitrogens with two attached hydrogens (primary N) is 2. The Balaban J connectivity index is 0.000000191. The first-order valence-corrected chi connectivity index (χ1v) is 11.0. The summed E-state index contributed by atoms with van der Waals surface area (Å²) in [4.78, 5) is 15.0. The second-order valence-corrected chi connectivity index (χ2v) is 9.19. The first-order chi connectivity index (χ1) is 16.0. The van der Waals surface area contributed by atoms with Gasteiger partial charge in [0.05, 0.1) is 49.1 Å². The zero-order valence-electron chi connectivity index (χ0n) is 20.6.